The second-order valence-corrected chi connectivity index (χ2v) is 5.27. The first-order chi connectivity index (χ1) is 8.56. The summed E-state index contributed by atoms with van der Waals surface area (Å²) in [5, 5.41) is 2.37. The number of anilines is 1. The lowest BCUT2D eigenvalue weighted by Crippen LogP contribution is -3.00. The Morgan fingerprint density at radius 2 is 1.63 bits per heavy atom. The molecule has 0 saturated heterocycles. The van der Waals surface area contributed by atoms with E-state index < -0.39 is 0 Å². The Morgan fingerprint density at radius 1 is 1.00 bits per heavy atom. The maximum absolute atomic E-state index is 6.04. The van der Waals surface area contributed by atoms with Crippen molar-refractivity contribution in [3.05, 3.63) is 36.4 Å². The molecule has 0 bridgehead atoms. The number of rotatable bonds is 4. The SMILES string of the molecule is C[N+](C)(CCCN)c1cccc2c(N)cccc12.[Cl-]. The molecule has 0 aliphatic rings. The number of halogens is 1. The Bertz CT molecular complexity index is 552. The quantitative estimate of drug-likeness (QED) is 0.577. The Hall–Kier alpha value is -1.29. The van der Waals surface area contributed by atoms with Gasteiger partial charge in [0, 0.05) is 22.9 Å². The van der Waals surface area contributed by atoms with E-state index >= 15 is 0 Å². The average Bonchev–Trinajstić information content (AvgIpc) is 2.36. The van der Waals surface area contributed by atoms with E-state index in [1.807, 2.05) is 12.1 Å². The third-order valence-electron chi connectivity index (χ3n) is 3.51. The van der Waals surface area contributed by atoms with E-state index in [-0.39, 0.29) is 12.4 Å². The largest absolute Gasteiger partial charge is 1.00 e. The van der Waals surface area contributed by atoms with Crippen molar-refractivity contribution in [3.8, 4) is 0 Å². The Labute approximate surface area is 121 Å². The summed E-state index contributed by atoms with van der Waals surface area (Å²) in [5.41, 5.74) is 13.8. The van der Waals surface area contributed by atoms with Crippen molar-refractivity contribution in [1.82, 2.24) is 4.48 Å². The van der Waals surface area contributed by atoms with Crippen LogP contribution >= 0.6 is 0 Å². The van der Waals surface area contributed by atoms with Gasteiger partial charge >= 0.3 is 0 Å². The standard InChI is InChI=1S/C15H22N3.ClH/c1-18(2,11-5-10-16)15-9-4-6-12-13(15)7-3-8-14(12)17;/h3-4,6-9H,5,10-11,16-17H2,1-2H3;1H/q+1;/p-1. The fourth-order valence-electron chi connectivity index (χ4n) is 2.45. The lowest BCUT2D eigenvalue weighted by atomic mass is 10.1. The van der Waals surface area contributed by atoms with Crippen LogP contribution in [-0.2, 0) is 0 Å². The highest BCUT2D eigenvalue weighted by Crippen LogP contribution is 2.32. The first-order valence-electron chi connectivity index (χ1n) is 6.37. The van der Waals surface area contributed by atoms with Gasteiger partial charge in [-0.1, -0.05) is 18.2 Å². The van der Waals surface area contributed by atoms with Gasteiger partial charge in [0.2, 0.25) is 0 Å². The summed E-state index contributed by atoms with van der Waals surface area (Å²) in [6.45, 7) is 1.76. The van der Waals surface area contributed by atoms with Crippen LogP contribution in [0.4, 0.5) is 11.4 Å². The van der Waals surface area contributed by atoms with Gasteiger partial charge in [0.1, 0.15) is 5.69 Å². The Kier molecular flexibility index (Phi) is 5.18. The molecule has 0 spiro atoms. The molecule has 104 valence electrons. The van der Waals surface area contributed by atoms with Gasteiger partial charge in [-0.05, 0) is 24.7 Å². The molecular weight excluding hydrogens is 258 g/mol. The molecule has 0 radical (unpaired) electrons. The van der Waals surface area contributed by atoms with Crippen molar-refractivity contribution in [2.45, 2.75) is 6.42 Å². The molecule has 2 rings (SSSR count). The van der Waals surface area contributed by atoms with Crippen molar-refractivity contribution in [2.75, 3.05) is 32.9 Å². The zero-order valence-corrected chi connectivity index (χ0v) is 12.3. The molecule has 19 heavy (non-hydrogen) atoms. The van der Waals surface area contributed by atoms with Crippen molar-refractivity contribution in [2.24, 2.45) is 5.73 Å². The molecule has 3 nitrogen and oxygen atoms in total. The zero-order valence-electron chi connectivity index (χ0n) is 11.6. The molecule has 4 heteroatoms. The second-order valence-electron chi connectivity index (χ2n) is 5.27. The molecule has 0 atom stereocenters. The summed E-state index contributed by atoms with van der Waals surface area (Å²) >= 11 is 0. The maximum Gasteiger partial charge on any atom is 0.140 e. The highest BCUT2D eigenvalue weighted by molar-refractivity contribution is 6.00. The molecule has 0 saturated carbocycles. The Balaban J connectivity index is 0.00000180. The molecule has 2 aromatic rings. The monoisotopic (exact) mass is 279 g/mol. The number of hydrogen-bond donors (Lipinski definition) is 2. The summed E-state index contributed by atoms with van der Waals surface area (Å²) in [6, 6.07) is 12.4. The minimum absolute atomic E-state index is 0. The van der Waals surface area contributed by atoms with Crippen LogP contribution < -0.4 is 28.4 Å². The molecule has 0 fully saturated rings. The van der Waals surface area contributed by atoms with Gasteiger partial charge in [-0.25, -0.2) is 0 Å². The maximum atomic E-state index is 6.04. The number of nitrogens with two attached hydrogens (primary N) is 2. The summed E-state index contributed by atoms with van der Waals surface area (Å²) < 4.78 is 0.831. The Morgan fingerprint density at radius 3 is 2.32 bits per heavy atom. The van der Waals surface area contributed by atoms with Gasteiger partial charge in [-0.15, -0.1) is 0 Å². The topological polar surface area (TPSA) is 52.0 Å². The van der Waals surface area contributed by atoms with Crippen LogP contribution in [0.3, 0.4) is 0 Å². The molecule has 0 aliphatic carbocycles. The van der Waals surface area contributed by atoms with Crippen LogP contribution in [0.5, 0.6) is 0 Å². The van der Waals surface area contributed by atoms with Gasteiger partial charge in [0.15, 0.2) is 0 Å². The molecule has 0 heterocycles. The molecule has 4 N–H and O–H groups in total. The first kappa shape index (κ1) is 15.8. The molecule has 0 aromatic heterocycles. The minimum atomic E-state index is 0. The zero-order chi connectivity index (χ0) is 13.2. The van der Waals surface area contributed by atoms with E-state index in [0.29, 0.717) is 0 Å². The predicted molar refractivity (Wildman–Crippen MR) is 80.5 cm³/mol. The highest BCUT2D eigenvalue weighted by Gasteiger charge is 2.21. The van der Waals surface area contributed by atoms with Crippen LogP contribution in [-0.4, -0.2) is 27.2 Å². The van der Waals surface area contributed by atoms with Gasteiger partial charge in [-0.2, -0.15) is 0 Å². The van der Waals surface area contributed by atoms with E-state index in [2.05, 4.69) is 38.4 Å². The van der Waals surface area contributed by atoms with E-state index in [4.69, 9.17) is 11.5 Å². The minimum Gasteiger partial charge on any atom is -1.00 e. The number of fused-ring (bicyclic) bond motifs is 1. The fourth-order valence-corrected chi connectivity index (χ4v) is 2.45. The molecular formula is C15H22ClN3. The molecule has 2 aromatic carbocycles. The second kappa shape index (κ2) is 6.24. The van der Waals surface area contributed by atoms with Gasteiger partial charge in [-0.3, -0.25) is 4.48 Å². The number of nitrogens with zero attached hydrogens (tertiary/aromatic N) is 1. The normalized spacial score (nSPS) is 11.3. The number of quaternary nitrogens is 1. The predicted octanol–water partition coefficient (Wildman–Crippen LogP) is -0.658. The lowest BCUT2D eigenvalue weighted by molar-refractivity contribution is -0.00000392. The smallest absolute Gasteiger partial charge is 0.140 e. The van der Waals surface area contributed by atoms with Crippen molar-refractivity contribution in [1.29, 1.82) is 0 Å². The number of benzene rings is 2. The average molecular weight is 280 g/mol. The summed E-state index contributed by atoms with van der Waals surface area (Å²) in [7, 11) is 4.43. The van der Waals surface area contributed by atoms with Crippen LogP contribution in [0.1, 0.15) is 6.42 Å². The van der Waals surface area contributed by atoms with Crippen molar-refractivity contribution >= 4 is 22.1 Å². The third-order valence-corrected chi connectivity index (χ3v) is 3.51. The highest BCUT2D eigenvalue weighted by atomic mass is 35.5. The fraction of sp³-hybridized carbons (Fsp3) is 0.333. The van der Waals surface area contributed by atoms with E-state index in [9.17, 15) is 0 Å². The van der Waals surface area contributed by atoms with Gasteiger partial charge in [0.25, 0.3) is 0 Å². The molecule has 0 amide bonds. The summed E-state index contributed by atoms with van der Waals surface area (Å²) in [5.74, 6) is 0. The van der Waals surface area contributed by atoms with Crippen molar-refractivity contribution in [3.63, 3.8) is 0 Å². The van der Waals surface area contributed by atoms with Crippen LogP contribution in [0.15, 0.2) is 36.4 Å². The number of nitrogen functional groups attached to an aromatic ring is 1. The molecule has 0 aliphatic heterocycles. The summed E-state index contributed by atoms with van der Waals surface area (Å²) in [6.07, 6.45) is 1.02. The lowest BCUT2D eigenvalue weighted by Gasteiger charge is -2.30. The summed E-state index contributed by atoms with van der Waals surface area (Å²) in [4.78, 5) is 0. The molecule has 0 unspecified atom stereocenters. The van der Waals surface area contributed by atoms with Crippen molar-refractivity contribution < 1.29 is 12.4 Å². The van der Waals surface area contributed by atoms with E-state index in [1.54, 1.807) is 0 Å². The van der Waals surface area contributed by atoms with E-state index in [1.165, 1.54) is 11.1 Å². The van der Waals surface area contributed by atoms with Gasteiger partial charge in [0.05, 0.1) is 20.6 Å². The van der Waals surface area contributed by atoms with Crippen LogP contribution in [0.2, 0.25) is 0 Å². The van der Waals surface area contributed by atoms with E-state index in [0.717, 1.165) is 35.1 Å². The van der Waals surface area contributed by atoms with Crippen LogP contribution in [0.25, 0.3) is 10.8 Å². The first-order valence-corrected chi connectivity index (χ1v) is 6.37. The third kappa shape index (κ3) is 3.18. The van der Waals surface area contributed by atoms with Crippen LogP contribution in [0, 0.1) is 0 Å². The number of hydrogen-bond acceptors (Lipinski definition) is 2. The van der Waals surface area contributed by atoms with Gasteiger partial charge < -0.3 is 23.9 Å².